The summed E-state index contributed by atoms with van der Waals surface area (Å²) in [5.74, 6) is -1.64. The van der Waals surface area contributed by atoms with Gasteiger partial charge >= 0.3 is 19.5 Å². The Kier molecular flexibility index (Phi) is 14.8. The van der Waals surface area contributed by atoms with Crippen LogP contribution in [0, 0.1) is 6.92 Å². The molecular weight excluding hydrogens is 543 g/mol. The molecule has 0 radical (unpaired) electrons. The number of aliphatic hydroxyl groups is 1. The molecule has 1 aromatic heterocycles. The Morgan fingerprint density at radius 2 is 1.55 bits per heavy atom. The molecule has 0 bridgehead atoms. The van der Waals surface area contributed by atoms with E-state index in [1.807, 2.05) is 0 Å². The van der Waals surface area contributed by atoms with Gasteiger partial charge in [0.25, 0.3) is 5.56 Å². The van der Waals surface area contributed by atoms with E-state index in [4.69, 9.17) is 13.8 Å². The van der Waals surface area contributed by atoms with Crippen LogP contribution in [0.1, 0.15) is 115 Å². The first-order valence-electron chi connectivity index (χ1n) is 14.6. The van der Waals surface area contributed by atoms with E-state index in [1.54, 1.807) is 0 Å². The van der Waals surface area contributed by atoms with Gasteiger partial charge in [0.1, 0.15) is 12.3 Å². The summed E-state index contributed by atoms with van der Waals surface area (Å²) >= 11 is 0. The molecule has 0 amide bonds. The minimum atomic E-state index is -4.53. The Morgan fingerprint density at radius 1 is 1.02 bits per heavy atom. The molecule has 0 saturated carbocycles. The van der Waals surface area contributed by atoms with Crippen molar-refractivity contribution in [2.45, 2.75) is 128 Å². The maximum atomic E-state index is 12.3. The first-order valence-corrected chi connectivity index (χ1v) is 16.0. The summed E-state index contributed by atoms with van der Waals surface area (Å²) < 4.78 is 28.7. The quantitative estimate of drug-likeness (QED) is 0.117. The highest BCUT2D eigenvalue weighted by Gasteiger charge is 2.54. The molecule has 4 N–H and O–H groups in total. The topological polar surface area (TPSA) is 177 Å². The number of carbonyl (C=O) groups is 1. The fourth-order valence-electron chi connectivity index (χ4n) is 4.79. The molecule has 40 heavy (non-hydrogen) atoms. The summed E-state index contributed by atoms with van der Waals surface area (Å²) in [6, 6.07) is 0. The van der Waals surface area contributed by atoms with E-state index in [2.05, 4.69) is 11.9 Å². The maximum absolute atomic E-state index is 12.3. The van der Waals surface area contributed by atoms with Crippen LogP contribution in [0.15, 0.2) is 15.8 Å². The van der Waals surface area contributed by atoms with Gasteiger partial charge in [-0.2, -0.15) is 0 Å². The monoisotopic (exact) mass is 590 g/mol. The van der Waals surface area contributed by atoms with E-state index in [0.717, 1.165) is 23.8 Å². The lowest BCUT2D eigenvalue weighted by Gasteiger charge is -2.24. The summed E-state index contributed by atoms with van der Waals surface area (Å²) in [6.07, 6.45) is 14.3. The highest BCUT2D eigenvalue weighted by atomic mass is 31.2. The molecular formula is C27H47N2O10P. The highest BCUT2D eigenvalue weighted by Crippen LogP contribution is 2.46. The number of rotatable bonds is 21. The average molecular weight is 591 g/mol. The zero-order valence-corrected chi connectivity index (χ0v) is 24.7. The molecule has 1 fully saturated rings. The van der Waals surface area contributed by atoms with Crippen LogP contribution in [-0.4, -0.2) is 55.5 Å². The van der Waals surface area contributed by atoms with Gasteiger partial charge < -0.3 is 19.8 Å². The summed E-state index contributed by atoms with van der Waals surface area (Å²) in [6.45, 7) is 2.91. The predicted octanol–water partition coefficient (Wildman–Crippen LogP) is 4.56. The van der Waals surface area contributed by atoms with Crippen molar-refractivity contribution in [3.05, 3.63) is 32.6 Å². The van der Waals surface area contributed by atoms with Crippen molar-refractivity contribution < 1.29 is 38.3 Å². The molecule has 12 nitrogen and oxygen atoms in total. The number of phosphoric acid groups is 1. The number of hydrogen-bond acceptors (Lipinski definition) is 8. The average Bonchev–Trinajstić information content (AvgIpc) is 3.24. The molecule has 2 rings (SSSR count). The standard InChI is InChI=1S/C27H47N2O10P/c1-3-4-5-6-7-8-9-10-11-12-13-14-15-16-17-37-40(35,36)38-20-22-27(34,25(31)32)18-23(39-22)29-19-21(2)24(30)28-26(29)33/h19,22-23,34H,3-18,20H2,1-2H3,(H,31,32)(H,35,36)(H,28,30,33)/t22-,23-,27+/m1/s1. The Bertz CT molecular complexity index is 1070. The van der Waals surface area contributed by atoms with Gasteiger partial charge in [0.15, 0.2) is 5.60 Å². The molecule has 1 aliphatic rings. The molecule has 0 spiro atoms. The third-order valence-corrected chi connectivity index (χ3v) is 8.29. The normalized spacial score (nSPS) is 22.4. The minimum absolute atomic E-state index is 0.00476. The van der Waals surface area contributed by atoms with Gasteiger partial charge in [0.2, 0.25) is 0 Å². The van der Waals surface area contributed by atoms with Crippen molar-refractivity contribution in [3.8, 4) is 0 Å². The number of phosphoric ester groups is 1. The second-order valence-electron chi connectivity index (χ2n) is 10.7. The number of hydrogen-bond donors (Lipinski definition) is 4. The van der Waals surface area contributed by atoms with E-state index in [-0.39, 0.29) is 12.2 Å². The molecule has 4 atom stereocenters. The Labute approximate surface area is 235 Å². The summed E-state index contributed by atoms with van der Waals surface area (Å²) in [5, 5.41) is 20.2. The second kappa shape index (κ2) is 17.2. The smallest absolute Gasteiger partial charge is 0.472 e. The number of unbranched alkanes of at least 4 members (excludes halogenated alkanes) is 13. The van der Waals surface area contributed by atoms with E-state index in [9.17, 15) is 34.1 Å². The van der Waals surface area contributed by atoms with Crippen LogP contribution in [0.3, 0.4) is 0 Å². The van der Waals surface area contributed by atoms with E-state index >= 15 is 0 Å². The van der Waals surface area contributed by atoms with Gasteiger partial charge in [-0.05, 0) is 13.3 Å². The van der Waals surface area contributed by atoms with Gasteiger partial charge in [-0.25, -0.2) is 14.2 Å². The first-order chi connectivity index (χ1) is 19.0. The van der Waals surface area contributed by atoms with E-state index in [0.29, 0.717) is 6.42 Å². The summed E-state index contributed by atoms with van der Waals surface area (Å²) in [4.78, 5) is 47.7. The van der Waals surface area contributed by atoms with Crippen LogP contribution in [-0.2, 0) is 23.1 Å². The predicted molar refractivity (Wildman–Crippen MR) is 149 cm³/mol. The number of nitrogens with zero attached hydrogens (tertiary/aromatic N) is 1. The molecule has 0 aliphatic carbocycles. The molecule has 13 heteroatoms. The van der Waals surface area contributed by atoms with Crippen LogP contribution >= 0.6 is 7.82 Å². The van der Waals surface area contributed by atoms with Gasteiger partial charge in [0.05, 0.1) is 13.2 Å². The lowest BCUT2D eigenvalue weighted by Crippen LogP contribution is -2.48. The maximum Gasteiger partial charge on any atom is 0.472 e. The fourth-order valence-corrected chi connectivity index (χ4v) is 5.55. The van der Waals surface area contributed by atoms with Crippen LogP contribution in [0.4, 0.5) is 0 Å². The molecule has 230 valence electrons. The zero-order valence-electron chi connectivity index (χ0n) is 23.8. The van der Waals surface area contributed by atoms with Gasteiger partial charge in [0, 0.05) is 18.2 Å². The number of carboxylic acid groups (broad SMARTS) is 1. The van der Waals surface area contributed by atoms with Crippen molar-refractivity contribution in [2.75, 3.05) is 13.2 Å². The molecule has 0 aromatic carbocycles. The molecule has 1 saturated heterocycles. The van der Waals surface area contributed by atoms with Crippen LogP contribution in [0.25, 0.3) is 0 Å². The number of H-pyrrole nitrogens is 1. The number of carboxylic acids is 1. The number of nitrogens with one attached hydrogen (secondary N) is 1. The summed E-state index contributed by atoms with van der Waals surface area (Å²) in [7, 11) is -4.53. The van der Waals surface area contributed by atoms with Gasteiger partial charge in [-0.3, -0.25) is 23.4 Å². The van der Waals surface area contributed by atoms with Gasteiger partial charge in [-0.15, -0.1) is 0 Å². The largest absolute Gasteiger partial charge is 0.479 e. The lowest BCUT2D eigenvalue weighted by molar-refractivity contribution is -0.166. The molecule has 1 unspecified atom stereocenters. The van der Waals surface area contributed by atoms with Crippen molar-refractivity contribution in [1.29, 1.82) is 0 Å². The van der Waals surface area contributed by atoms with E-state index < -0.39 is 56.0 Å². The van der Waals surface area contributed by atoms with E-state index in [1.165, 1.54) is 77.3 Å². The Hall–Kier alpha value is -1.82. The van der Waals surface area contributed by atoms with Crippen molar-refractivity contribution >= 4 is 13.8 Å². The molecule has 2 heterocycles. The number of aromatic nitrogens is 2. The van der Waals surface area contributed by atoms with Crippen molar-refractivity contribution in [3.63, 3.8) is 0 Å². The third kappa shape index (κ3) is 11.2. The number of aromatic amines is 1. The van der Waals surface area contributed by atoms with Crippen molar-refractivity contribution in [1.82, 2.24) is 9.55 Å². The third-order valence-electron chi connectivity index (χ3n) is 7.31. The van der Waals surface area contributed by atoms with Crippen LogP contribution in [0.2, 0.25) is 0 Å². The molecule has 1 aromatic rings. The number of aliphatic carboxylic acids is 1. The van der Waals surface area contributed by atoms with Crippen molar-refractivity contribution in [2.24, 2.45) is 0 Å². The van der Waals surface area contributed by atoms with Gasteiger partial charge in [-0.1, -0.05) is 90.4 Å². The second-order valence-corrected chi connectivity index (χ2v) is 12.1. The Morgan fingerprint density at radius 3 is 2.08 bits per heavy atom. The number of aryl methyl sites for hydroxylation is 1. The zero-order chi connectivity index (χ0) is 29.6. The summed E-state index contributed by atoms with van der Waals surface area (Å²) in [5.41, 5.74) is -3.77. The fraction of sp³-hybridized carbons (Fsp3) is 0.815. The number of ether oxygens (including phenoxy) is 1. The SMILES string of the molecule is CCCCCCCCCCCCCCCCOP(=O)(O)OC[C@H]1O[C@@H](n2cc(C)c(=O)[nH]c2=O)C[C@@]1(O)C(=O)O. The molecule has 1 aliphatic heterocycles. The minimum Gasteiger partial charge on any atom is -0.479 e. The van der Waals surface area contributed by atoms with Crippen LogP contribution < -0.4 is 11.2 Å². The van der Waals surface area contributed by atoms with Crippen LogP contribution in [0.5, 0.6) is 0 Å². The lowest BCUT2D eigenvalue weighted by atomic mass is 9.95. The first kappa shape index (κ1) is 34.4. The Balaban J connectivity index is 1.66. The highest BCUT2D eigenvalue weighted by molar-refractivity contribution is 7.47.